The first kappa shape index (κ1) is 31.5. The van der Waals surface area contributed by atoms with Crippen LogP contribution in [0.25, 0.3) is 22.2 Å². The molecule has 3 heterocycles. The minimum atomic E-state index is -5.37. The summed E-state index contributed by atoms with van der Waals surface area (Å²) in [5.41, 5.74) is 0.598. The van der Waals surface area contributed by atoms with Crippen molar-refractivity contribution in [2.75, 3.05) is 20.3 Å². The number of amides is 2. The smallest absolute Gasteiger partial charge is 0.424 e. The van der Waals surface area contributed by atoms with Crippen LogP contribution in [0.15, 0.2) is 48.5 Å². The molecule has 1 aliphatic carbocycles. The highest BCUT2D eigenvalue weighted by Crippen LogP contribution is 2.56. The summed E-state index contributed by atoms with van der Waals surface area (Å²) in [6.45, 7) is 0.0919. The van der Waals surface area contributed by atoms with Gasteiger partial charge in [-0.3, -0.25) is 9.59 Å². The number of primary amides is 1. The van der Waals surface area contributed by atoms with Crippen molar-refractivity contribution in [3.8, 4) is 22.8 Å². The highest BCUT2D eigenvalue weighted by atomic mass is 35.5. The number of rotatable bonds is 8. The van der Waals surface area contributed by atoms with Crippen LogP contribution in [0.5, 0.6) is 11.5 Å². The number of aliphatic hydroxyl groups is 1. The van der Waals surface area contributed by atoms with Gasteiger partial charge in [0.15, 0.2) is 0 Å². The molecular weight excluding hydrogens is 632 g/mol. The molecule has 1 fully saturated rings. The minimum Gasteiger partial charge on any atom is -0.494 e. The SMILES string of the molecule is COc1cc(C(=O)NCC(O)(c2cc3c(c(-c4ccc(F)cc4)n2)OC[C@]3(C(N)=O)C2CC2)C(F)(F)F)cc2cc(Cl)c(C)nc12. The van der Waals surface area contributed by atoms with Gasteiger partial charge in [0.25, 0.3) is 5.91 Å². The molecule has 4 N–H and O–H groups in total. The molecule has 2 amide bonds. The second kappa shape index (κ2) is 11.1. The number of aromatic nitrogens is 2. The molecule has 0 spiro atoms. The van der Waals surface area contributed by atoms with Gasteiger partial charge >= 0.3 is 6.18 Å². The van der Waals surface area contributed by atoms with Crippen molar-refractivity contribution in [1.82, 2.24) is 15.3 Å². The van der Waals surface area contributed by atoms with Crippen molar-refractivity contribution in [2.24, 2.45) is 11.7 Å². The Bertz CT molecular complexity index is 1900. The molecule has 1 unspecified atom stereocenters. The number of alkyl halides is 3. The molecule has 4 aromatic rings. The van der Waals surface area contributed by atoms with Gasteiger partial charge in [-0.25, -0.2) is 14.4 Å². The number of halogens is 5. The van der Waals surface area contributed by atoms with Crippen LogP contribution >= 0.6 is 11.6 Å². The molecule has 14 heteroatoms. The quantitative estimate of drug-likeness (QED) is 0.224. The number of fused-ring (bicyclic) bond motifs is 2. The zero-order chi connectivity index (χ0) is 33.2. The zero-order valence-corrected chi connectivity index (χ0v) is 25.2. The topological polar surface area (TPSA) is 137 Å². The number of carbonyl (C=O) groups is 2. The largest absolute Gasteiger partial charge is 0.494 e. The van der Waals surface area contributed by atoms with E-state index in [0.29, 0.717) is 34.5 Å². The molecule has 9 nitrogen and oxygen atoms in total. The first-order valence-electron chi connectivity index (χ1n) is 14.2. The lowest BCUT2D eigenvalue weighted by atomic mass is 9.76. The predicted molar refractivity (Wildman–Crippen MR) is 159 cm³/mol. The third-order valence-electron chi connectivity index (χ3n) is 8.62. The molecule has 0 bridgehead atoms. The number of nitrogens with two attached hydrogens (primary N) is 1. The Labute approximate surface area is 264 Å². The first-order valence-corrected chi connectivity index (χ1v) is 14.5. The molecule has 0 saturated heterocycles. The van der Waals surface area contributed by atoms with Crippen molar-refractivity contribution in [1.29, 1.82) is 0 Å². The normalized spacial score (nSPS) is 18.9. The third kappa shape index (κ3) is 5.07. The van der Waals surface area contributed by atoms with Gasteiger partial charge in [-0.2, -0.15) is 13.2 Å². The van der Waals surface area contributed by atoms with Gasteiger partial charge in [-0.1, -0.05) is 11.6 Å². The summed E-state index contributed by atoms with van der Waals surface area (Å²) < 4.78 is 69.6. The van der Waals surface area contributed by atoms with Crippen LogP contribution < -0.4 is 20.5 Å². The summed E-state index contributed by atoms with van der Waals surface area (Å²) in [6.07, 6.45) is -4.19. The Balaban J connectivity index is 1.44. The van der Waals surface area contributed by atoms with Crippen LogP contribution in [-0.2, 0) is 15.8 Å². The molecule has 2 aromatic heterocycles. The number of benzene rings is 2. The van der Waals surface area contributed by atoms with E-state index in [2.05, 4.69) is 15.3 Å². The van der Waals surface area contributed by atoms with Crippen molar-refractivity contribution in [2.45, 2.75) is 37.0 Å². The average molecular weight is 659 g/mol. The van der Waals surface area contributed by atoms with E-state index in [1.165, 1.54) is 31.4 Å². The molecule has 240 valence electrons. The number of pyridine rings is 2. The van der Waals surface area contributed by atoms with E-state index in [9.17, 15) is 32.3 Å². The van der Waals surface area contributed by atoms with Gasteiger partial charge in [-0.15, -0.1) is 0 Å². The average Bonchev–Trinajstić information content (AvgIpc) is 3.79. The Morgan fingerprint density at radius 3 is 2.46 bits per heavy atom. The number of aryl methyl sites for hydroxylation is 1. The van der Waals surface area contributed by atoms with Crippen LogP contribution in [-0.4, -0.2) is 53.3 Å². The number of methoxy groups -OCH3 is 1. The highest BCUT2D eigenvalue weighted by molar-refractivity contribution is 6.31. The van der Waals surface area contributed by atoms with Crippen LogP contribution in [0.2, 0.25) is 5.02 Å². The fourth-order valence-corrected chi connectivity index (χ4v) is 6.02. The number of hydrogen-bond donors (Lipinski definition) is 3. The summed E-state index contributed by atoms with van der Waals surface area (Å²) in [4.78, 5) is 34.7. The van der Waals surface area contributed by atoms with Crippen molar-refractivity contribution in [3.63, 3.8) is 0 Å². The van der Waals surface area contributed by atoms with Crippen molar-refractivity contribution in [3.05, 3.63) is 81.9 Å². The van der Waals surface area contributed by atoms with Crippen molar-refractivity contribution >= 4 is 34.3 Å². The van der Waals surface area contributed by atoms with E-state index in [4.69, 9.17) is 26.8 Å². The lowest BCUT2D eigenvalue weighted by Gasteiger charge is -2.32. The van der Waals surface area contributed by atoms with Gasteiger partial charge in [0.1, 0.15) is 40.5 Å². The Morgan fingerprint density at radius 2 is 1.85 bits per heavy atom. The number of hydrogen-bond acceptors (Lipinski definition) is 7. The number of nitrogens with one attached hydrogen (secondary N) is 1. The van der Waals surface area contributed by atoms with E-state index in [1.807, 2.05) is 0 Å². The molecule has 6 rings (SSSR count). The summed E-state index contributed by atoms with van der Waals surface area (Å²) in [7, 11) is 1.35. The van der Waals surface area contributed by atoms with Gasteiger partial charge in [0.2, 0.25) is 11.5 Å². The van der Waals surface area contributed by atoms with E-state index in [0.717, 1.165) is 18.2 Å². The minimum absolute atomic E-state index is 0.0142. The van der Waals surface area contributed by atoms with Crippen LogP contribution in [0.3, 0.4) is 0 Å². The standard InChI is InChI=1S/C32H27ClF4N4O5/c1-15-22(33)10-17-9-18(11-23(45-2)25(17)40-15)28(42)39-13-31(44,32(35,36)37)24-12-21-27(26(41-24)16-3-7-20(34)8-4-16)46-14-30(21,29(38)43)19-5-6-19/h3-4,7-12,19,44H,5-6,13-14H2,1-2H3,(H2,38,43)(H,39,42)/t30-,31?/m0/s1. The Kier molecular flexibility index (Phi) is 7.59. The maximum atomic E-state index is 14.9. The second-order valence-corrected chi connectivity index (χ2v) is 11.9. The summed E-state index contributed by atoms with van der Waals surface area (Å²) in [6, 6.07) is 9.95. The number of ether oxygens (including phenoxy) is 2. The molecular formula is C32H27ClF4N4O5. The molecule has 1 saturated carbocycles. The Hall–Kier alpha value is -4.49. The molecule has 0 radical (unpaired) electrons. The van der Waals surface area contributed by atoms with E-state index in [1.54, 1.807) is 13.0 Å². The van der Waals surface area contributed by atoms with Gasteiger partial charge in [0.05, 0.1) is 30.1 Å². The van der Waals surface area contributed by atoms with Crippen molar-refractivity contribution < 1.29 is 41.7 Å². The lowest BCUT2D eigenvalue weighted by molar-refractivity contribution is -0.265. The van der Waals surface area contributed by atoms with Crippen LogP contribution in [0, 0.1) is 18.7 Å². The summed E-state index contributed by atoms with van der Waals surface area (Å²) >= 11 is 6.20. The summed E-state index contributed by atoms with van der Waals surface area (Å²) in [5.74, 6) is -2.46. The highest BCUT2D eigenvalue weighted by Gasteiger charge is 2.60. The zero-order valence-electron chi connectivity index (χ0n) is 24.5. The van der Waals surface area contributed by atoms with E-state index >= 15 is 0 Å². The predicted octanol–water partition coefficient (Wildman–Crippen LogP) is 5.11. The van der Waals surface area contributed by atoms with Crippen LogP contribution in [0.4, 0.5) is 17.6 Å². The van der Waals surface area contributed by atoms with Crippen LogP contribution in [0.1, 0.15) is 40.2 Å². The van der Waals surface area contributed by atoms with E-state index < -0.39 is 47.1 Å². The summed E-state index contributed by atoms with van der Waals surface area (Å²) in [5, 5.41) is 14.3. The molecule has 2 atom stereocenters. The second-order valence-electron chi connectivity index (χ2n) is 11.5. The fourth-order valence-electron chi connectivity index (χ4n) is 5.86. The maximum Gasteiger partial charge on any atom is 0.424 e. The van der Waals surface area contributed by atoms with Gasteiger partial charge in [0, 0.05) is 22.1 Å². The Morgan fingerprint density at radius 1 is 1.15 bits per heavy atom. The molecule has 2 aromatic carbocycles. The fraction of sp³-hybridized carbons (Fsp3) is 0.312. The third-order valence-corrected chi connectivity index (χ3v) is 9.00. The van der Waals surface area contributed by atoms with Gasteiger partial charge < -0.3 is 25.6 Å². The monoisotopic (exact) mass is 658 g/mol. The van der Waals surface area contributed by atoms with Gasteiger partial charge in [-0.05, 0) is 74.2 Å². The van der Waals surface area contributed by atoms with E-state index in [-0.39, 0.29) is 46.4 Å². The molecule has 46 heavy (non-hydrogen) atoms. The first-order chi connectivity index (χ1) is 21.7. The molecule has 2 aliphatic rings. The maximum absolute atomic E-state index is 14.9. The number of carbonyl (C=O) groups excluding carboxylic acids is 2. The molecule has 1 aliphatic heterocycles. The number of nitrogens with zero attached hydrogens (tertiary/aromatic N) is 2. The lowest BCUT2D eigenvalue weighted by Crippen LogP contribution is -2.52.